The number of nitrogens with one attached hydrogen (secondary N) is 1. The molecule has 7 nitrogen and oxygen atoms in total. The van der Waals surface area contributed by atoms with E-state index in [1.54, 1.807) is 36.1 Å². The zero-order valence-electron chi connectivity index (χ0n) is 22.0. The van der Waals surface area contributed by atoms with Crippen LogP contribution in [-0.2, 0) is 4.74 Å². The van der Waals surface area contributed by atoms with Crippen LogP contribution in [0.1, 0.15) is 77.2 Å². The highest BCUT2D eigenvalue weighted by Gasteiger charge is 2.43. The molecule has 3 aromatic carbocycles. The summed E-state index contributed by atoms with van der Waals surface area (Å²) in [7, 11) is 0. The van der Waals surface area contributed by atoms with E-state index >= 15 is 0 Å². The number of fused-ring (bicyclic) bond motifs is 1. The van der Waals surface area contributed by atoms with Gasteiger partial charge in [0.05, 0.1) is 30.5 Å². The number of hydrogen-bond acceptors (Lipinski definition) is 5. The van der Waals surface area contributed by atoms with Crippen molar-refractivity contribution in [1.29, 1.82) is 0 Å². The molecule has 0 unspecified atom stereocenters. The van der Waals surface area contributed by atoms with Crippen LogP contribution >= 0.6 is 0 Å². The van der Waals surface area contributed by atoms with Crippen LogP contribution in [0.5, 0.6) is 5.75 Å². The van der Waals surface area contributed by atoms with Gasteiger partial charge in [0.1, 0.15) is 11.4 Å². The lowest BCUT2D eigenvalue weighted by Crippen LogP contribution is -2.29. The Morgan fingerprint density at radius 1 is 0.947 bits per heavy atom. The van der Waals surface area contributed by atoms with Crippen molar-refractivity contribution in [2.45, 2.75) is 39.7 Å². The third kappa shape index (κ3) is 4.56. The summed E-state index contributed by atoms with van der Waals surface area (Å²) in [5.74, 6) is 0.611. The standard InChI is InChI=1S/C31H31N3O4/c1-5-37-25-17-13-21(14-18-25)27-26-28(33-32-27)30(35)34(24-15-11-23(12-16-24)31(36)38-6-2)29(26)22-9-7-20(8-10-22)19(3)4/h7-19,29H,5-6H2,1-4H3,(H,32,33)/t29-/m1/s1. The Hall–Kier alpha value is -4.39. The van der Waals surface area contributed by atoms with Crippen molar-refractivity contribution < 1.29 is 19.1 Å². The molecule has 1 atom stereocenters. The van der Waals surface area contributed by atoms with Gasteiger partial charge in [-0.25, -0.2) is 4.79 Å². The topological polar surface area (TPSA) is 84.5 Å². The van der Waals surface area contributed by atoms with Crippen molar-refractivity contribution in [1.82, 2.24) is 10.2 Å². The molecule has 2 heterocycles. The highest BCUT2D eigenvalue weighted by Crippen LogP contribution is 2.45. The number of aromatic nitrogens is 2. The Morgan fingerprint density at radius 3 is 2.24 bits per heavy atom. The number of amides is 1. The quantitative estimate of drug-likeness (QED) is 0.273. The van der Waals surface area contributed by atoms with Gasteiger partial charge in [0.15, 0.2) is 0 Å². The van der Waals surface area contributed by atoms with E-state index in [2.05, 4.69) is 48.3 Å². The molecule has 1 N–H and O–H groups in total. The van der Waals surface area contributed by atoms with Crippen LogP contribution in [0.15, 0.2) is 72.8 Å². The summed E-state index contributed by atoms with van der Waals surface area (Å²) in [5.41, 5.74) is 6.22. The molecule has 0 fully saturated rings. The molecule has 0 spiro atoms. The predicted octanol–water partition coefficient (Wildman–Crippen LogP) is 6.53. The van der Waals surface area contributed by atoms with Gasteiger partial charge in [-0.05, 0) is 79.4 Å². The van der Waals surface area contributed by atoms with Gasteiger partial charge in [0.2, 0.25) is 0 Å². The lowest BCUT2D eigenvalue weighted by molar-refractivity contribution is 0.0526. The molecule has 0 saturated heterocycles. The zero-order valence-corrected chi connectivity index (χ0v) is 22.0. The first kappa shape index (κ1) is 25.3. The normalized spacial score (nSPS) is 14.6. The zero-order chi connectivity index (χ0) is 26.8. The third-order valence-electron chi connectivity index (χ3n) is 6.78. The number of aromatic amines is 1. The smallest absolute Gasteiger partial charge is 0.338 e. The van der Waals surface area contributed by atoms with Crippen LogP contribution in [-0.4, -0.2) is 35.3 Å². The second-order valence-corrected chi connectivity index (χ2v) is 9.48. The first-order valence-electron chi connectivity index (χ1n) is 12.9. The fourth-order valence-electron chi connectivity index (χ4n) is 4.86. The Kier molecular flexibility index (Phi) is 7.01. The Balaban J connectivity index is 1.60. The Morgan fingerprint density at radius 2 is 1.63 bits per heavy atom. The Bertz CT molecular complexity index is 1440. The van der Waals surface area contributed by atoms with Gasteiger partial charge in [-0.2, -0.15) is 5.10 Å². The molecule has 38 heavy (non-hydrogen) atoms. The average Bonchev–Trinajstić information content (AvgIpc) is 3.48. The van der Waals surface area contributed by atoms with E-state index in [0.29, 0.717) is 36.1 Å². The van der Waals surface area contributed by atoms with Crippen LogP contribution in [0, 0.1) is 0 Å². The molecule has 0 aliphatic carbocycles. The SMILES string of the molecule is CCOC(=O)c1ccc(N2C(=O)c3[nH]nc(-c4ccc(OCC)cc4)c3[C@H]2c2ccc(C(C)C)cc2)cc1. The van der Waals surface area contributed by atoms with Gasteiger partial charge in [-0.1, -0.05) is 38.1 Å². The summed E-state index contributed by atoms with van der Waals surface area (Å²) < 4.78 is 10.7. The molecule has 0 bridgehead atoms. The number of benzene rings is 3. The van der Waals surface area contributed by atoms with Gasteiger partial charge in [0.25, 0.3) is 5.91 Å². The second-order valence-electron chi connectivity index (χ2n) is 9.48. The van der Waals surface area contributed by atoms with Crippen LogP contribution < -0.4 is 9.64 Å². The van der Waals surface area contributed by atoms with Crippen LogP contribution in [0.2, 0.25) is 0 Å². The monoisotopic (exact) mass is 509 g/mol. The van der Waals surface area contributed by atoms with E-state index in [0.717, 1.165) is 28.1 Å². The van der Waals surface area contributed by atoms with E-state index < -0.39 is 6.04 Å². The molecular weight excluding hydrogens is 478 g/mol. The number of carbonyl (C=O) groups is 2. The molecule has 7 heteroatoms. The first-order chi connectivity index (χ1) is 18.4. The highest BCUT2D eigenvalue weighted by molar-refractivity contribution is 6.12. The molecule has 0 radical (unpaired) electrons. The third-order valence-corrected chi connectivity index (χ3v) is 6.78. The lowest BCUT2D eigenvalue weighted by Gasteiger charge is -2.27. The van der Waals surface area contributed by atoms with Crippen molar-refractivity contribution in [3.05, 3.63) is 101 Å². The van der Waals surface area contributed by atoms with E-state index in [-0.39, 0.29) is 11.9 Å². The summed E-state index contributed by atoms with van der Waals surface area (Å²) in [4.78, 5) is 27.8. The number of nitrogens with zero attached hydrogens (tertiary/aromatic N) is 2. The van der Waals surface area contributed by atoms with Crippen molar-refractivity contribution in [2.24, 2.45) is 0 Å². The van der Waals surface area contributed by atoms with Crippen molar-refractivity contribution in [3.8, 4) is 17.0 Å². The molecule has 1 aromatic heterocycles. The molecule has 1 aliphatic rings. The second kappa shape index (κ2) is 10.5. The van der Waals surface area contributed by atoms with Gasteiger partial charge in [0, 0.05) is 16.8 Å². The molecule has 0 saturated carbocycles. The fraction of sp³-hybridized carbons (Fsp3) is 0.258. The van der Waals surface area contributed by atoms with E-state index in [1.807, 2.05) is 31.2 Å². The fourth-order valence-corrected chi connectivity index (χ4v) is 4.86. The lowest BCUT2D eigenvalue weighted by atomic mass is 9.93. The summed E-state index contributed by atoms with van der Waals surface area (Å²) >= 11 is 0. The molecule has 5 rings (SSSR count). The largest absolute Gasteiger partial charge is 0.494 e. The minimum absolute atomic E-state index is 0.175. The van der Waals surface area contributed by atoms with Crippen molar-refractivity contribution in [3.63, 3.8) is 0 Å². The van der Waals surface area contributed by atoms with E-state index in [9.17, 15) is 9.59 Å². The van der Waals surface area contributed by atoms with Crippen LogP contribution in [0.4, 0.5) is 5.69 Å². The predicted molar refractivity (Wildman–Crippen MR) is 147 cm³/mol. The number of rotatable bonds is 8. The van der Waals surface area contributed by atoms with Crippen LogP contribution in [0.3, 0.4) is 0 Å². The average molecular weight is 510 g/mol. The van der Waals surface area contributed by atoms with Gasteiger partial charge >= 0.3 is 5.97 Å². The molecule has 1 amide bonds. The summed E-state index contributed by atoms with van der Waals surface area (Å²) in [5, 5.41) is 7.57. The van der Waals surface area contributed by atoms with Crippen molar-refractivity contribution >= 4 is 17.6 Å². The number of esters is 1. The number of hydrogen-bond donors (Lipinski definition) is 1. The van der Waals surface area contributed by atoms with Gasteiger partial charge < -0.3 is 9.47 Å². The summed E-state index contributed by atoms with van der Waals surface area (Å²) in [6.07, 6.45) is 0. The number of H-pyrrole nitrogens is 1. The summed E-state index contributed by atoms with van der Waals surface area (Å²) in [6.45, 7) is 8.92. The molecule has 4 aromatic rings. The molecular formula is C31H31N3O4. The first-order valence-corrected chi connectivity index (χ1v) is 12.9. The van der Waals surface area contributed by atoms with Gasteiger partial charge in [-0.15, -0.1) is 0 Å². The van der Waals surface area contributed by atoms with E-state index in [1.165, 1.54) is 5.56 Å². The maximum absolute atomic E-state index is 13.8. The number of carbonyl (C=O) groups excluding carboxylic acids is 2. The molecule has 194 valence electrons. The van der Waals surface area contributed by atoms with Crippen molar-refractivity contribution in [2.75, 3.05) is 18.1 Å². The van der Waals surface area contributed by atoms with Gasteiger partial charge in [-0.3, -0.25) is 14.8 Å². The number of anilines is 1. The maximum Gasteiger partial charge on any atom is 0.338 e. The molecule has 1 aliphatic heterocycles. The number of ether oxygens (including phenoxy) is 2. The summed E-state index contributed by atoms with van der Waals surface area (Å²) in [6, 6.07) is 22.7. The van der Waals surface area contributed by atoms with Crippen LogP contribution in [0.25, 0.3) is 11.3 Å². The minimum atomic E-state index is -0.396. The Labute approximate surface area is 222 Å². The highest BCUT2D eigenvalue weighted by atomic mass is 16.5. The maximum atomic E-state index is 13.8. The van der Waals surface area contributed by atoms with E-state index in [4.69, 9.17) is 9.47 Å². The minimum Gasteiger partial charge on any atom is -0.494 e.